The molecule has 2 N–H and O–H groups in total. The summed E-state index contributed by atoms with van der Waals surface area (Å²) in [6, 6.07) is -0.695. The molecule has 0 bridgehead atoms. The number of hydrogen-bond donors (Lipinski definition) is 2. The van der Waals surface area contributed by atoms with E-state index in [2.05, 4.69) is 10.6 Å². The fourth-order valence-electron chi connectivity index (χ4n) is 1.32. The van der Waals surface area contributed by atoms with E-state index >= 15 is 0 Å². The summed E-state index contributed by atoms with van der Waals surface area (Å²) in [7, 11) is 0. The number of hydrogen-bond acceptors (Lipinski definition) is 4. The molecule has 1 heterocycles. The molecule has 16 heavy (non-hydrogen) atoms. The topological polar surface area (TPSA) is 95.6 Å². The number of nitrogens with one attached hydrogen (secondary N) is 2. The van der Waals surface area contributed by atoms with Gasteiger partial charge in [0.05, 0.1) is 6.54 Å². The standard InChI is InChI=1S/C9H13N3O4/c1-5-9(16)11-7(14)4-12(5)8(15)3-10-6(2)13/h5H,3-4H2,1-2H3,(H,10,13)(H,11,14,16). The first-order chi connectivity index (χ1) is 7.41. The molecule has 0 aromatic carbocycles. The van der Waals surface area contributed by atoms with Gasteiger partial charge in [0.25, 0.3) is 0 Å². The van der Waals surface area contributed by atoms with Crippen LogP contribution in [0.2, 0.25) is 0 Å². The van der Waals surface area contributed by atoms with Crippen LogP contribution in [0.15, 0.2) is 0 Å². The predicted molar refractivity (Wildman–Crippen MR) is 53.0 cm³/mol. The highest BCUT2D eigenvalue weighted by atomic mass is 16.2. The third kappa shape index (κ3) is 2.78. The van der Waals surface area contributed by atoms with Gasteiger partial charge in [-0.1, -0.05) is 0 Å². The van der Waals surface area contributed by atoms with Gasteiger partial charge in [-0.15, -0.1) is 0 Å². The van der Waals surface area contributed by atoms with E-state index in [-0.39, 0.29) is 19.0 Å². The van der Waals surface area contributed by atoms with Crippen LogP contribution in [-0.4, -0.2) is 47.7 Å². The molecule has 1 atom stereocenters. The lowest BCUT2D eigenvalue weighted by atomic mass is 10.2. The van der Waals surface area contributed by atoms with Crippen molar-refractivity contribution < 1.29 is 19.2 Å². The lowest BCUT2D eigenvalue weighted by molar-refractivity contribution is -0.149. The third-order valence-electron chi connectivity index (χ3n) is 2.23. The number of nitrogens with zero attached hydrogens (tertiary/aromatic N) is 1. The Balaban J connectivity index is 2.63. The average molecular weight is 227 g/mol. The van der Waals surface area contributed by atoms with Crippen LogP contribution in [0.1, 0.15) is 13.8 Å². The van der Waals surface area contributed by atoms with Gasteiger partial charge in [-0.05, 0) is 6.92 Å². The van der Waals surface area contributed by atoms with Crippen LogP contribution < -0.4 is 10.6 Å². The minimum atomic E-state index is -0.695. The molecule has 0 aliphatic carbocycles. The Hall–Kier alpha value is -1.92. The molecule has 0 saturated carbocycles. The molecule has 1 aliphatic rings. The minimum Gasteiger partial charge on any atom is -0.347 e. The molecular formula is C9H13N3O4. The van der Waals surface area contributed by atoms with Crippen LogP contribution >= 0.6 is 0 Å². The maximum Gasteiger partial charge on any atom is 0.249 e. The smallest absolute Gasteiger partial charge is 0.249 e. The van der Waals surface area contributed by atoms with Crippen LogP contribution in [0.5, 0.6) is 0 Å². The zero-order valence-corrected chi connectivity index (χ0v) is 9.07. The molecule has 1 unspecified atom stereocenters. The third-order valence-corrected chi connectivity index (χ3v) is 2.23. The van der Waals surface area contributed by atoms with Gasteiger partial charge in [0.2, 0.25) is 23.6 Å². The summed E-state index contributed by atoms with van der Waals surface area (Å²) in [6.45, 7) is 2.43. The van der Waals surface area contributed by atoms with Gasteiger partial charge >= 0.3 is 0 Å². The highest BCUT2D eigenvalue weighted by molar-refractivity contribution is 6.04. The summed E-state index contributed by atoms with van der Waals surface area (Å²) in [4.78, 5) is 45.6. The van der Waals surface area contributed by atoms with Crippen molar-refractivity contribution in [1.82, 2.24) is 15.5 Å². The van der Waals surface area contributed by atoms with Crippen molar-refractivity contribution in [3.8, 4) is 0 Å². The van der Waals surface area contributed by atoms with E-state index in [1.807, 2.05) is 0 Å². The first-order valence-electron chi connectivity index (χ1n) is 4.79. The Bertz CT molecular complexity index is 353. The molecule has 1 fully saturated rings. The summed E-state index contributed by atoms with van der Waals surface area (Å²) < 4.78 is 0. The Morgan fingerprint density at radius 2 is 2.12 bits per heavy atom. The van der Waals surface area contributed by atoms with Crippen LogP contribution in [0, 0.1) is 0 Å². The molecule has 4 amide bonds. The van der Waals surface area contributed by atoms with Crippen molar-refractivity contribution in [2.75, 3.05) is 13.1 Å². The van der Waals surface area contributed by atoms with Gasteiger partial charge in [0.1, 0.15) is 12.6 Å². The Kier molecular flexibility index (Phi) is 3.60. The number of carbonyl (C=O) groups is 4. The first kappa shape index (κ1) is 12.2. The van der Waals surface area contributed by atoms with E-state index in [0.717, 1.165) is 4.90 Å². The number of amides is 4. The van der Waals surface area contributed by atoms with E-state index in [0.29, 0.717) is 0 Å². The molecule has 0 spiro atoms. The monoisotopic (exact) mass is 227 g/mol. The van der Waals surface area contributed by atoms with E-state index in [1.165, 1.54) is 13.8 Å². The highest BCUT2D eigenvalue weighted by Gasteiger charge is 2.33. The quantitative estimate of drug-likeness (QED) is 0.533. The van der Waals surface area contributed by atoms with E-state index in [9.17, 15) is 19.2 Å². The second-order valence-electron chi connectivity index (χ2n) is 3.52. The lowest BCUT2D eigenvalue weighted by Gasteiger charge is -2.31. The molecule has 0 radical (unpaired) electrons. The number of carbonyl (C=O) groups excluding carboxylic acids is 4. The summed E-state index contributed by atoms with van der Waals surface area (Å²) in [5.74, 6) is -1.81. The van der Waals surface area contributed by atoms with Crippen molar-refractivity contribution in [3.05, 3.63) is 0 Å². The molecule has 1 saturated heterocycles. The van der Waals surface area contributed by atoms with Gasteiger partial charge < -0.3 is 10.2 Å². The number of piperazine rings is 1. The number of imide groups is 1. The Labute approximate surface area is 92.2 Å². The highest BCUT2D eigenvalue weighted by Crippen LogP contribution is 2.04. The van der Waals surface area contributed by atoms with Gasteiger partial charge in [-0.3, -0.25) is 24.5 Å². The zero-order valence-electron chi connectivity index (χ0n) is 9.07. The minimum absolute atomic E-state index is 0.161. The van der Waals surface area contributed by atoms with Gasteiger partial charge in [0, 0.05) is 6.92 Å². The van der Waals surface area contributed by atoms with Crippen LogP contribution in [0.4, 0.5) is 0 Å². The molecule has 1 rings (SSSR count). The van der Waals surface area contributed by atoms with Crippen molar-refractivity contribution in [2.24, 2.45) is 0 Å². The van der Waals surface area contributed by atoms with E-state index in [1.54, 1.807) is 0 Å². The van der Waals surface area contributed by atoms with Crippen LogP contribution in [0.25, 0.3) is 0 Å². The van der Waals surface area contributed by atoms with E-state index < -0.39 is 23.8 Å². The molecular weight excluding hydrogens is 214 g/mol. The summed E-state index contributed by atoms with van der Waals surface area (Å²) in [5, 5.41) is 4.44. The van der Waals surface area contributed by atoms with E-state index in [4.69, 9.17) is 0 Å². The van der Waals surface area contributed by atoms with Crippen molar-refractivity contribution in [1.29, 1.82) is 0 Å². The normalized spacial score (nSPS) is 20.4. The Morgan fingerprint density at radius 3 is 2.69 bits per heavy atom. The maximum atomic E-state index is 11.6. The second kappa shape index (κ2) is 4.73. The molecule has 88 valence electrons. The zero-order chi connectivity index (χ0) is 12.3. The van der Waals surface area contributed by atoms with Gasteiger partial charge in [-0.25, -0.2) is 0 Å². The molecule has 1 aliphatic heterocycles. The largest absolute Gasteiger partial charge is 0.347 e. The van der Waals surface area contributed by atoms with Crippen molar-refractivity contribution >= 4 is 23.6 Å². The summed E-state index contributed by atoms with van der Waals surface area (Å²) in [6.07, 6.45) is 0. The van der Waals surface area contributed by atoms with Crippen molar-refractivity contribution in [2.45, 2.75) is 19.9 Å². The predicted octanol–water partition coefficient (Wildman–Crippen LogP) is -2.00. The second-order valence-corrected chi connectivity index (χ2v) is 3.52. The SMILES string of the molecule is CC(=O)NCC(=O)N1CC(=O)NC(=O)C1C. The Morgan fingerprint density at radius 1 is 1.50 bits per heavy atom. The maximum absolute atomic E-state index is 11.6. The fourth-order valence-corrected chi connectivity index (χ4v) is 1.32. The average Bonchev–Trinajstić information content (AvgIpc) is 2.19. The summed E-state index contributed by atoms with van der Waals surface area (Å²) >= 11 is 0. The fraction of sp³-hybridized carbons (Fsp3) is 0.556. The first-order valence-corrected chi connectivity index (χ1v) is 4.79. The van der Waals surface area contributed by atoms with Crippen LogP contribution in [0.3, 0.4) is 0 Å². The number of rotatable bonds is 2. The molecule has 7 nitrogen and oxygen atoms in total. The van der Waals surface area contributed by atoms with Crippen LogP contribution in [-0.2, 0) is 19.2 Å². The van der Waals surface area contributed by atoms with Gasteiger partial charge in [0.15, 0.2) is 0 Å². The van der Waals surface area contributed by atoms with Crippen molar-refractivity contribution in [3.63, 3.8) is 0 Å². The molecule has 0 aromatic rings. The lowest BCUT2D eigenvalue weighted by Crippen LogP contribution is -2.60. The molecule has 7 heteroatoms. The molecule has 0 aromatic heterocycles. The summed E-state index contributed by atoms with van der Waals surface area (Å²) in [5.41, 5.74) is 0. The van der Waals surface area contributed by atoms with Gasteiger partial charge in [-0.2, -0.15) is 0 Å².